The molecule has 5 aromatic rings. The van der Waals surface area contributed by atoms with E-state index in [1.807, 2.05) is 12.1 Å². The van der Waals surface area contributed by atoms with E-state index in [4.69, 9.17) is 11.5 Å². The average molecular weight is 432 g/mol. The zero-order valence-electron chi connectivity index (χ0n) is 16.2. The molecule has 3 aromatic heterocycles. The van der Waals surface area contributed by atoms with E-state index in [-0.39, 0.29) is 11.5 Å². The van der Waals surface area contributed by atoms with Gasteiger partial charge in [-0.1, -0.05) is 6.07 Å². The third kappa shape index (κ3) is 2.97. The van der Waals surface area contributed by atoms with Crippen molar-refractivity contribution in [1.82, 2.24) is 19.9 Å². The van der Waals surface area contributed by atoms with Crippen LogP contribution in [0.25, 0.3) is 33.2 Å². The van der Waals surface area contributed by atoms with Gasteiger partial charge >= 0.3 is 0 Å². The first-order valence-electron chi connectivity index (χ1n) is 9.38. The maximum absolute atomic E-state index is 14.7. The van der Waals surface area contributed by atoms with Crippen LogP contribution in [0.15, 0.2) is 48.8 Å². The SMILES string of the molecule is NC(=O)c1ccc(F)c(C(=O)c2c[nH]c3ncc(-c4ccc5nc(N)[nH]c5c4)cc23)c1F. The number of anilines is 1. The maximum Gasteiger partial charge on any atom is 0.251 e. The van der Waals surface area contributed by atoms with Crippen LogP contribution in [0.1, 0.15) is 26.3 Å². The number of carbonyl (C=O) groups excluding carboxylic acids is 2. The Hall–Kier alpha value is -4.60. The van der Waals surface area contributed by atoms with Gasteiger partial charge in [-0.15, -0.1) is 0 Å². The number of primary amides is 1. The summed E-state index contributed by atoms with van der Waals surface area (Å²) in [6.45, 7) is 0. The molecule has 0 aliphatic rings. The van der Waals surface area contributed by atoms with Crippen molar-refractivity contribution in [1.29, 1.82) is 0 Å². The van der Waals surface area contributed by atoms with Crippen LogP contribution in [0.3, 0.4) is 0 Å². The summed E-state index contributed by atoms with van der Waals surface area (Å²) < 4.78 is 29.1. The van der Waals surface area contributed by atoms with Crippen molar-refractivity contribution in [2.24, 2.45) is 5.73 Å². The molecule has 0 aliphatic carbocycles. The molecule has 3 heterocycles. The minimum atomic E-state index is -1.30. The van der Waals surface area contributed by atoms with Gasteiger partial charge in [-0.05, 0) is 35.9 Å². The second-order valence-electron chi connectivity index (χ2n) is 7.15. The quantitative estimate of drug-likeness (QED) is 0.322. The highest BCUT2D eigenvalue weighted by atomic mass is 19.1. The summed E-state index contributed by atoms with van der Waals surface area (Å²) in [5.74, 6) is -4.16. The molecule has 10 heteroatoms. The van der Waals surface area contributed by atoms with Crippen molar-refractivity contribution >= 4 is 39.7 Å². The number of ketones is 1. The molecule has 0 saturated heterocycles. The van der Waals surface area contributed by atoms with E-state index in [0.717, 1.165) is 23.2 Å². The highest BCUT2D eigenvalue weighted by molar-refractivity contribution is 6.17. The predicted molar refractivity (Wildman–Crippen MR) is 114 cm³/mol. The fourth-order valence-electron chi connectivity index (χ4n) is 3.64. The van der Waals surface area contributed by atoms with Crippen molar-refractivity contribution in [3.8, 4) is 11.1 Å². The molecule has 0 fully saturated rings. The van der Waals surface area contributed by atoms with Gasteiger partial charge in [0.1, 0.15) is 17.3 Å². The molecule has 2 aromatic carbocycles. The molecule has 6 N–H and O–H groups in total. The standard InChI is InChI=1S/C22H14F2N6O2/c23-14-3-2-11(20(25)32)18(24)17(14)19(31)13-8-28-21-12(13)5-10(7-27-21)9-1-4-15-16(6-9)30-22(26)29-15/h1-8H,(H2,25,32)(H,27,28)(H3,26,29,30). The first-order valence-corrected chi connectivity index (χ1v) is 9.38. The number of nitrogens with two attached hydrogens (primary N) is 2. The highest BCUT2D eigenvalue weighted by Crippen LogP contribution is 2.29. The molecule has 0 radical (unpaired) electrons. The second kappa shape index (κ2) is 6.98. The largest absolute Gasteiger partial charge is 0.369 e. The molecule has 8 nitrogen and oxygen atoms in total. The Morgan fingerprint density at radius 1 is 1.00 bits per heavy atom. The number of aromatic amines is 2. The molecular formula is C22H14F2N6O2. The molecule has 0 unspecified atom stereocenters. The van der Waals surface area contributed by atoms with Crippen molar-refractivity contribution in [2.75, 3.05) is 5.73 Å². The number of amides is 1. The van der Waals surface area contributed by atoms with Gasteiger partial charge in [0, 0.05) is 28.9 Å². The molecule has 158 valence electrons. The maximum atomic E-state index is 14.7. The van der Waals surface area contributed by atoms with E-state index in [2.05, 4.69) is 19.9 Å². The number of fused-ring (bicyclic) bond motifs is 2. The van der Waals surface area contributed by atoms with Gasteiger partial charge in [-0.3, -0.25) is 9.59 Å². The van der Waals surface area contributed by atoms with Gasteiger partial charge in [0.05, 0.1) is 22.2 Å². The number of imidazole rings is 1. The lowest BCUT2D eigenvalue weighted by molar-refractivity contribution is 0.0996. The molecule has 0 aliphatic heterocycles. The summed E-state index contributed by atoms with van der Waals surface area (Å²) >= 11 is 0. The number of halogens is 2. The Labute approximate surface area is 178 Å². The number of nitrogens with one attached hydrogen (secondary N) is 2. The van der Waals surface area contributed by atoms with Crippen molar-refractivity contribution in [3.63, 3.8) is 0 Å². The molecule has 1 amide bonds. The second-order valence-corrected chi connectivity index (χ2v) is 7.15. The predicted octanol–water partition coefficient (Wildman–Crippen LogP) is 3.30. The first kappa shape index (κ1) is 19.4. The van der Waals surface area contributed by atoms with Gasteiger partial charge in [-0.2, -0.15) is 0 Å². The zero-order chi connectivity index (χ0) is 22.6. The molecule has 32 heavy (non-hydrogen) atoms. The Balaban J connectivity index is 1.64. The molecule has 0 atom stereocenters. The number of nitrogen functional groups attached to an aromatic ring is 1. The Morgan fingerprint density at radius 3 is 2.59 bits per heavy atom. The van der Waals surface area contributed by atoms with Gasteiger partial charge in [0.15, 0.2) is 5.95 Å². The fraction of sp³-hybridized carbons (Fsp3) is 0. The van der Waals surface area contributed by atoms with Crippen LogP contribution in [-0.2, 0) is 0 Å². The van der Waals surface area contributed by atoms with Gasteiger partial charge in [0.25, 0.3) is 5.91 Å². The number of aromatic nitrogens is 4. The Kier molecular flexibility index (Phi) is 4.22. The third-order valence-electron chi connectivity index (χ3n) is 5.19. The van der Waals surface area contributed by atoms with Gasteiger partial charge in [0.2, 0.25) is 5.78 Å². The molecule has 5 rings (SSSR count). The van der Waals surface area contributed by atoms with Crippen molar-refractivity contribution in [3.05, 3.63) is 77.1 Å². The topological polar surface area (TPSA) is 144 Å². The number of hydrogen-bond acceptors (Lipinski definition) is 5. The van der Waals surface area contributed by atoms with E-state index < -0.39 is 34.5 Å². The first-order chi connectivity index (χ1) is 15.3. The smallest absolute Gasteiger partial charge is 0.251 e. The third-order valence-corrected chi connectivity index (χ3v) is 5.19. The number of pyridine rings is 1. The normalized spacial score (nSPS) is 11.3. The summed E-state index contributed by atoms with van der Waals surface area (Å²) in [6, 6.07) is 8.84. The lowest BCUT2D eigenvalue weighted by Gasteiger charge is -2.07. The van der Waals surface area contributed by atoms with Gasteiger partial charge < -0.3 is 21.4 Å². The molecular weight excluding hydrogens is 418 g/mol. The highest BCUT2D eigenvalue weighted by Gasteiger charge is 2.26. The lowest BCUT2D eigenvalue weighted by atomic mass is 9.98. The van der Waals surface area contributed by atoms with E-state index in [1.165, 1.54) is 6.20 Å². The summed E-state index contributed by atoms with van der Waals surface area (Å²) in [6.07, 6.45) is 2.92. The number of carbonyl (C=O) groups is 2. The monoisotopic (exact) mass is 432 g/mol. The van der Waals surface area contributed by atoms with Crippen LogP contribution in [-0.4, -0.2) is 31.6 Å². The summed E-state index contributed by atoms with van der Waals surface area (Å²) in [5.41, 5.74) is 12.6. The number of benzene rings is 2. The number of nitrogens with zero attached hydrogens (tertiary/aromatic N) is 2. The summed E-state index contributed by atoms with van der Waals surface area (Å²) in [7, 11) is 0. The molecule has 0 spiro atoms. The van der Waals surface area contributed by atoms with E-state index >= 15 is 0 Å². The van der Waals surface area contributed by atoms with Crippen molar-refractivity contribution in [2.45, 2.75) is 0 Å². The lowest BCUT2D eigenvalue weighted by Crippen LogP contribution is -2.17. The van der Waals surface area contributed by atoms with Crippen LogP contribution in [0.4, 0.5) is 14.7 Å². The fourth-order valence-corrected chi connectivity index (χ4v) is 3.64. The van der Waals surface area contributed by atoms with Gasteiger partial charge in [-0.25, -0.2) is 18.7 Å². The van der Waals surface area contributed by atoms with Crippen LogP contribution in [0, 0.1) is 11.6 Å². The zero-order valence-corrected chi connectivity index (χ0v) is 16.2. The Bertz CT molecular complexity index is 1570. The summed E-state index contributed by atoms with van der Waals surface area (Å²) in [4.78, 5) is 38.7. The van der Waals surface area contributed by atoms with Crippen LogP contribution < -0.4 is 11.5 Å². The number of hydrogen-bond donors (Lipinski definition) is 4. The van der Waals surface area contributed by atoms with Crippen LogP contribution >= 0.6 is 0 Å². The molecule has 0 bridgehead atoms. The van der Waals surface area contributed by atoms with E-state index in [0.29, 0.717) is 22.1 Å². The minimum Gasteiger partial charge on any atom is -0.369 e. The number of H-pyrrole nitrogens is 2. The van der Waals surface area contributed by atoms with E-state index in [9.17, 15) is 18.4 Å². The Morgan fingerprint density at radius 2 is 1.81 bits per heavy atom. The van der Waals surface area contributed by atoms with Crippen molar-refractivity contribution < 1.29 is 18.4 Å². The minimum absolute atomic E-state index is 0.000586. The van der Waals surface area contributed by atoms with Crippen LogP contribution in [0.2, 0.25) is 0 Å². The molecule has 0 saturated carbocycles. The number of rotatable bonds is 4. The summed E-state index contributed by atoms with van der Waals surface area (Å²) in [5, 5.41) is 0.361. The van der Waals surface area contributed by atoms with E-state index in [1.54, 1.807) is 18.3 Å². The average Bonchev–Trinajstić information content (AvgIpc) is 3.34. The van der Waals surface area contributed by atoms with Crippen LogP contribution in [0.5, 0.6) is 0 Å².